The Hall–Kier alpha value is -0.630. The smallest absolute Gasteiger partial charge is 0.136 e. The standard InChI is InChI=1S/C19H30O2/c1-13(11-14-8-10-18(2,21)12-14)15-6-7-16-17(20)5-4-9-19(15,16)3/h8,10,13-16,21H,4-7,9,11-12H2,1-3H3/t13-,14?,15?,16+,18-,19-/m1/s1. The van der Waals surface area contributed by atoms with Gasteiger partial charge in [0.1, 0.15) is 5.78 Å². The Labute approximate surface area is 129 Å². The fourth-order valence-electron chi connectivity index (χ4n) is 5.72. The van der Waals surface area contributed by atoms with Gasteiger partial charge in [-0.05, 0) is 68.6 Å². The van der Waals surface area contributed by atoms with Gasteiger partial charge in [-0.3, -0.25) is 4.79 Å². The normalized spacial score (nSPS) is 47.6. The van der Waals surface area contributed by atoms with Gasteiger partial charge in [-0.25, -0.2) is 0 Å². The summed E-state index contributed by atoms with van der Waals surface area (Å²) < 4.78 is 0. The van der Waals surface area contributed by atoms with Crippen LogP contribution in [0.25, 0.3) is 0 Å². The van der Waals surface area contributed by atoms with Crippen LogP contribution in [-0.4, -0.2) is 16.5 Å². The average Bonchev–Trinajstić information content (AvgIpc) is 2.90. The molecular weight excluding hydrogens is 260 g/mol. The first-order valence-electron chi connectivity index (χ1n) is 8.76. The number of rotatable bonds is 3. The van der Waals surface area contributed by atoms with Gasteiger partial charge in [-0.15, -0.1) is 0 Å². The summed E-state index contributed by atoms with van der Waals surface area (Å²) in [6.07, 6.45) is 11.7. The van der Waals surface area contributed by atoms with Gasteiger partial charge in [-0.1, -0.05) is 26.0 Å². The average molecular weight is 290 g/mol. The fraction of sp³-hybridized carbons (Fsp3) is 0.842. The summed E-state index contributed by atoms with van der Waals surface area (Å²) in [6.45, 7) is 6.66. The van der Waals surface area contributed by atoms with Gasteiger partial charge in [0.25, 0.3) is 0 Å². The zero-order valence-electron chi connectivity index (χ0n) is 13.8. The van der Waals surface area contributed by atoms with Gasteiger partial charge >= 0.3 is 0 Å². The van der Waals surface area contributed by atoms with Crippen molar-refractivity contribution in [1.29, 1.82) is 0 Å². The Kier molecular flexibility index (Phi) is 3.80. The maximum absolute atomic E-state index is 12.2. The van der Waals surface area contributed by atoms with Crippen LogP contribution in [0.4, 0.5) is 0 Å². The number of carbonyl (C=O) groups is 1. The maximum Gasteiger partial charge on any atom is 0.136 e. The van der Waals surface area contributed by atoms with Crippen molar-refractivity contribution in [3.63, 3.8) is 0 Å². The van der Waals surface area contributed by atoms with Crippen molar-refractivity contribution >= 4 is 5.78 Å². The minimum atomic E-state index is -0.604. The molecule has 0 amide bonds. The highest BCUT2D eigenvalue weighted by Crippen LogP contribution is 2.57. The van der Waals surface area contributed by atoms with Crippen LogP contribution >= 0.6 is 0 Å². The molecule has 0 aromatic rings. The van der Waals surface area contributed by atoms with E-state index < -0.39 is 5.60 Å². The molecular formula is C19H30O2. The van der Waals surface area contributed by atoms with Crippen LogP contribution in [0.3, 0.4) is 0 Å². The van der Waals surface area contributed by atoms with E-state index in [1.54, 1.807) is 0 Å². The molecule has 0 aliphatic heterocycles. The molecule has 2 heteroatoms. The third-order valence-corrected chi connectivity index (χ3v) is 6.70. The summed E-state index contributed by atoms with van der Waals surface area (Å²) in [6, 6.07) is 0. The molecule has 21 heavy (non-hydrogen) atoms. The molecule has 2 fully saturated rings. The van der Waals surface area contributed by atoms with E-state index in [2.05, 4.69) is 19.9 Å². The van der Waals surface area contributed by atoms with Gasteiger partial charge in [0, 0.05) is 12.3 Å². The summed E-state index contributed by atoms with van der Waals surface area (Å²) in [5.74, 6) is 2.71. The van der Waals surface area contributed by atoms with Gasteiger partial charge in [0.15, 0.2) is 0 Å². The van der Waals surface area contributed by atoms with E-state index in [-0.39, 0.29) is 5.41 Å². The first kappa shape index (κ1) is 15.3. The van der Waals surface area contributed by atoms with E-state index >= 15 is 0 Å². The van der Waals surface area contributed by atoms with Crippen molar-refractivity contribution in [3.05, 3.63) is 12.2 Å². The Morgan fingerprint density at radius 2 is 2.14 bits per heavy atom. The highest BCUT2D eigenvalue weighted by Gasteiger charge is 2.52. The molecule has 3 aliphatic carbocycles. The maximum atomic E-state index is 12.2. The zero-order valence-corrected chi connectivity index (χ0v) is 13.8. The van der Waals surface area contributed by atoms with Crippen molar-refractivity contribution in [2.75, 3.05) is 0 Å². The van der Waals surface area contributed by atoms with Crippen LogP contribution in [0.2, 0.25) is 0 Å². The predicted molar refractivity (Wildman–Crippen MR) is 84.8 cm³/mol. The van der Waals surface area contributed by atoms with E-state index in [1.165, 1.54) is 12.8 Å². The van der Waals surface area contributed by atoms with Crippen LogP contribution in [0.1, 0.15) is 65.7 Å². The van der Waals surface area contributed by atoms with Crippen molar-refractivity contribution in [2.45, 2.75) is 71.3 Å². The Bertz CT molecular complexity index is 450. The lowest BCUT2D eigenvalue weighted by atomic mass is 9.61. The minimum Gasteiger partial charge on any atom is -0.386 e. The lowest BCUT2D eigenvalue weighted by molar-refractivity contribution is -0.130. The molecule has 0 bridgehead atoms. The second-order valence-electron chi connectivity index (χ2n) is 8.46. The number of carbonyl (C=O) groups excluding carboxylic acids is 1. The quantitative estimate of drug-likeness (QED) is 0.794. The topological polar surface area (TPSA) is 37.3 Å². The lowest BCUT2D eigenvalue weighted by Gasteiger charge is -2.42. The molecule has 6 atom stereocenters. The van der Waals surface area contributed by atoms with E-state index in [0.29, 0.717) is 29.5 Å². The molecule has 2 nitrogen and oxygen atoms in total. The van der Waals surface area contributed by atoms with Crippen LogP contribution in [0.15, 0.2) is 12.2 Å². The highest BCUT2D eigenvalue weighted by atomic mass is 16.3. The Balaban J connectivity index is 1.67. The molecule has 0 radical (unpaired) electrons. The fourth-order valence-corrected chi connectivity index (χ4v) is 5.72. The molecule has 0 aromatic carbocycles. The molecule has 0 spiro atoms. The third kappa shape index (κ3) is 2.72. The number of ketones is 1. The van der Waals surface area contributed by atoms with Crippen LogP contribution in [0, 0.1) is 29.1 Å². The molecule has 3 aliphatic rings. The Morgan fingerprint density at radius 3 is 2.81 bits per heavy atom. The number of hydrogen-bond donors (Lipinski definition) is 1. The summed E-state index contributed by atoms with van der Waals surface area (Å²) in [5.41, 5.74) is -0.354. The molecule has 3 rings (SSSR count). The molecule has 0 aromatic heterocycles. The van der Waals surface area contributed by atoms with Gasteiger partial charge in [0.05, 0.1) is 5.60 Å². The summed E-state index contributed by atoms with van der Waals surface area (Å²) >= 11 is 0. The van der Waals surface area contributed by atoms with E-state index in [4.69, 9.17) is 0 Å². The number of Topliss-reactive ketones (excluding diaryl/α,β-unsaturated/α-hetero) is 1. The lowest BCUT2D eigenvalue weighted by Crippen LogP contribution is -2.39. The van der Waals surface area contributed by atoms with Crippen molar-refractivity contribution < 1.29 is 9.90 Å². The zero-order chi connectivity index (χ0) is 15.3. The molecule has 2 unspecified atom stereocenters. The van der Waals surface area contributed by atoms with Gasteiger partial charge < -0.3 is 5.11 Å². The van der Waals surface area contributed by atoms with Crippen LogP contribution in [0.5, 0.6) is 0 Å². The third-order valence-electron chi connectivity index (χ3n) is 6.70. The highest BCUT2D eigenvalue weighted by molar-refractivity contribution is 5.83. The van der Waals surface area contributed by atoms with Crippen molar-refractivity contribution in [3.8, 4) is 0 Å². The Morgan fingerprint density at radius 1 is 1.38 bits per heavy atom. The number of aliphatic hydroxyl groups is 1. The largest absolute Gasteiger partial charge is 0.386 e. The number of hydrogen-bond acceptors (Lipinski definition) is 2. The van der Waals surface area contributed by atoms with Crippen LogP contribution in [-0.2, 0) is 4.79 Å². The predicted octanol–water partition coefficient (Wildman–Crippen LogP) is 4.13. The minimum absolute atomic E-state index is 0.250. The summed E-state index contributed by atoms with van der Waals surface area (Å²) in [5, 5.41) is 10.1. The first-order valence-corrected chi connectivity index (χ1v) is 8.76. The van der Waals surface area contributed by atoms with E-state index in [1.807, 2.05) is 13.0 Å². The molecule has 118 valence electrons. The molecule has 1 N–H and O–H groups in total. The van der Waals surface area contributed by atoms with Crippen LogP contribution < -0.4 is 0 Å². The second-order valence-corrected chi connectivity index (χ2v) is 8.46. The number of allylic oxidation sites excluding steroid dienone is 1. The summed E-state index contributed by atoms with van der Waals surface area (Å²) in [7, 11) is 0. The van der Waals surface area contributed by atoms with Gasteiger partial charge in [-0.2, -0.15) is 0 Å². The number of fused-ring (bicyclic) bond motifs is 1. The monoisotopic (exact) mass is 290 g/mol. The second kappa shape index (κ2) is 5.22. The molecule has 2 saturated carbocycles. The molecule has 0 heterocycles. The molecule has 0 saturated heterocycles. The van der Waals surface area contributed by atoms with Crippen molar-refractivity contribution in [2.24, 2.45) is 29.1 Å². The summed E-state index contributed by atoms with van der Waals surface area (Å²) in [4.78, 5) is 12.2. The van der Waals surface area contributed by atoms with E-state index in [0.717, 1.165) is 32.1 Å². The van der Waals surface area contributed by atoms with Gasteiger partial charge in [0.2, 0.25) is 0 Å². The first-order chi connectivity index (χ1) is 9.82. The SMILES string of the molecule is C[C@H](CC1C=C[C@@](C)(O)C1)C1CC[C@H]2C(=O)CCC[C@]12C. The van der Waals surface area contributed by atoms with Crippen molar-refractivity contribution in [1.82, 2.24) is 0 Å². The van der Waals surface area contributed by atoms with E-state index in [9.17, 15) is 9.90 Å².